The van der Waals surface area contributed by atoms with Crippen LogP contribution in [0.3, 0.4) is 0 Å². The number of fused-ring (bicyclic) bond motifs is 3. The zero-order valence-electron chi connectivity index (χ0n) is 20.8. The summed E-state index contributed by atoms with van der Waals surface area (Å²) in [4.78, 5) is 23.7. The first-order chi connectivity index (χ1) is 17.1. The van der Waals surface area contributed by atoms with E-state index in [0.717, 1.165) is 5.52 Å². The van der Waals surface area contributed by atoms with Gasteiger partial charge >= 0.3 is 6.09 Å². The Bertz CT molecular complexity index is 1530. The SMILES string of the molecule is CNc1nc2cnc3c(ccn3S(=O)(=O)c3ccccc3)c2n1C1CCN(C(=O)OC(C)(C)C)CC1. The monoisotopic (exact) mass is 510 g/mol. The number of anilines is 1. The van der Waals surface area contributed by atoms with Crippen molar-refractivity contribution in [1.82, 2.24) is 23.4 Å². The summed E-state index contributed by atoms with van der Waals surface area (Å²) in [6, 6.07) is 10.2. The van der Waals surface area contributed by atoms with Gasteiger partial charge in [-0.05, 0) is 51.8 Å². The number of rotatable bonds is 4. The minimum absolute atomic E-state index is 0.0656. The molecule has 0 radical (unpaired) electrons. The Labute approximate surface area is 209 Å². The molecule has 1 aliphatic heterocycles. The molecule has 1 aromatic carbocycles. The van der Waals surface area contributed by atoms with Crippen molar-refractivity contribution in [3.05, 3.63) is 48.8 Å². The highest BCUT2D eigenvalue weighted by Crippen LogP contribution is 2.35. The van der Waals surface area contributed by atoms with E-state index in [4.69, 9.17) is 9.72 Å². The van der Waals surface area contributed by atoms with Crippen LogP contribution < -0.4 is 5.32 Å². The Morgan fingerprint density at radius 2 is 1.81 bits per heavy atom. The molecule has 3 aromatic heterocycles. The van der Waals surface area contributed by atoms with Crippen molar-refractivity contribution in [2.24, 2.45) is 0 Å². The van der Waals surface area contributed by atoms with Gasteiger partial charge in [0.25, 0.3) is 10.0 Å². The lowest BCUT2D eigenvalue weighted by Crippen LogP contribution is -2.42. The van der Waals surface area contributed by atoms with Crippen molar-refractivity contribution < 1.29 is 17.9 Å². The third kappa shape index (κ3) is 4.17. The molecule has 0 saturated carbocycles. The molecule has 5 rings (SSSR count). The normalized spacial score (nSPS) is 15.5. The first-order valence-electron chi connectivity index (χ1n) is 11.9. The predicted octanol–water partition coefficient (Wildman–Crippen LogP) is 4.24. The van der Waals surface area contributed by atoms with Crippen molar-refractivity contribution >= 4 is 44.1 Å². The van der Waals surface area contributed by atoms with Gasteiger partial charge < -0.3 is 19.5 Å². The van der Waals surface area contributed by atoms with E-state index in [9.17, 15) is 13.2 Å². The van der Waals surface area contributed by atoms with Crippen molar-refractivity contribution in [3.63, 3.8) is 0 Å². The Morgan fingerprint density at radius 1 is 1.11 bits per heavy atom. The van der Waals surface area contributed by atoms with Gasteiger partial charge in [0, 0.05) is 37.8 Å². The van der Waals surface area contributed by atoms with Crippen LogP contribution in [0.25, 0.3) is 22.1 Å². The molecular weight excluding hydrogens is 480 g/mol. The molecule has 10 nitrogen and oxygen atoms in total. The maximum Gasteiger partial charge on any atom is 0.410 e. The van der Waals surface area contributed by atoms with Crippen molar-refractivity contribution in [1.29, 1.82) is 0 Å². The maximum absolute atomic E-state index is 13.3. The zero-order valence-corrected chi connectivity index (χ0v) is 21.6. The fourth-order valence-electron chi connectivity index (χ4n) is 4.71. The first-order valence-corrected chi connectivity index (χ1v) is 13.4. The van der Waals surface area contributed by atoms with E-state index in [1.54, 1.807) is 53.7 Å². The smallest absolute Gasteiger partial charge is 0.410 e. The summed E-state index contributed by atoms with van der Waals surface area (Å²) >= 11 is 0. The van der Waals surface area contributed by atoms with E-state index >= 15 is 0 Å². The minimum atomic E-state index is -3.81. The number of amides is 1. The molecule has 0 atom stereocenters. The third-order valence-electron chi connectivity index (χ3n) is 6.33. The number of nitrogens with zero attached hydrogens (tertiary/aromatic N) is 5. The molecule has 0 spiro atoms. The first kappa shape index (κ1) is 24.1. The summed E-state index contributed by atoms with van der Waals surface area (Å²) < 4.78 is 35.5. The lowest BCUT2D eigenvalue weighted by Gasteiger charge is -2.34. The number of aromatic nitrogens is 4. The number of piperidine rings is 1. The van der Waals surface area contributed by atoms with E-state index in [1.165, 1.54) is 3.97 Å². The van der Waals surface area contributed by atoms with Gasteiger partial charge in [0.15, 0.2) is 5.65 Å². The van der Waals surface area contributed by atoms with Crippen LogP contribution in [0, 0.1) is 0 Å². The van der Waals surface area contributed by atoms with Crippen LogP contribution in [0.4, 0.5) is 10.7 Å². The molecule has 0 aliphatic carbocycles. The number of likely N-dealkylation sites (tertiary alicyclic amines) is 1. The molecular formula is C25H30N6O4S. The second-order valence-electron chi connectivity index (χ2n) is 9.91. The van der Waals surface area contributed by atoms with Gasteiger partial charge in [-0.25, -0.2) is 27.2 Å². The van der Waals surface area contributed by atoms with E-state index in [2.05, 4.69) is 14.9 Å². The van der Waals surface area contributed by atoms with Gasteiger partial charge in [0.1, 0.15) is 11.1 Å². The largest absolute Gasteiger partial charge is 0.444 e. The molecule has 1 saturated heterocycles. The topological polar surface area (TPSA) is 111 Å². The van der Waals surface area contributed by atoms with E-state index in [1.807, 2.05) is 27.8 Å². The molecule has 0 bridgehead atoms. The third-order valence-corrected chi connectivity index (χ3v) is 8.01. The Morgan fingerprint density at radius 3 is 2.44 bits per heavy atom. The van der Waals surface area contributed by atoms with Crippen LogP contribution in [-0.2, 0) is 14.8 Å². The van der Waals surface area contributed by atoms with Crippen LogP contribution in [0.5, 0.6) is 0 Å². The summed E-state index contributed by atoms with van der Waals surface area (Å²) in [6.45, 7) is 6.69. The fourth-order valence-corrected chi connectivity index (χ4v) is 6.04. The molecule has 36 heavy (non-hydrogen) atoms. The Hall–Kier alpha value is -3.60. The molecule has 4 aromatic rings. The molecule has 0 unspecified atom stereocenters. The number of carbonyl (C=O) groups is 1. The quantitative estimate of drug-likeness (QED) is 0.437. The highest BCUT2D eigenvalue weighted by Gasteiger charge is 2.30. The van der Waals surface area contributed by atoms with E-state index in [0.29, 0.717) is 48.4 Å². The van der Waals surface area contributed by atoms with Crippen LogP contribution in [-0.4, -0.2) is 63.7 Å². The lowest BCUT2D eigenvalue weighted by molar-refractivity contribution is 0.0190. The molecule has 11 heteroatoms. The summed E-state index contributed by atoms with van der Waals surface area (Å²) in [5.74, 6) is 0.675. The number of imidazole rings is 1. The van der Waals surface area contributed by atoms with Gasteiger partial charge in [-0.2, -0.15) is 0 Å². The summed E-state index contributed by atoms with van der Waals surface area (Å²) in [5.41, 5.74) is 1.30. The average Bonchev–Trinajstić information content (AvgIpc) is 3.45. The standard InChI is InChI=1S/C25H30N6O4S/c1-25(2,3)35-24(32)29-13-10-17(11-14-29)31-21-19-12-15-30(36(33,34)18-8-6-5-7-9-18)22(19)27-16-20(21)28-23(31)26-4/h5-9,12,15-17H,10-11,13-14H2,1-4H3,(H,26,28). The number of hydrogen-bond donors (Lipinski definition) is 1. The summed E-state index contributed by atoms with van der Waals surface area (Å²) in [7, 11) is -2.00. The van der Waals surface area contributed by atoms with Crippen LogP contribution in [0.2, 0.25) is 0 Å². The number of hydrogen-bond acceptors (Lipinski definition) is 7. The molecule has 1 fully saturated rings. The number of pyridine rings is 1. The molecule has 1 N–H and O–H groups in total. The van der Waals surface area contributed by atoms with Crippen LogP contribution in [0.1, 0.15) is 39.7 Å². The van der Waals surface area contributed by atoms with Gasteiger partial charge in [0.2, 0.25) is 5.95 Å². The predicted molar refractivity (Wildman–Crippen MR) is 138 cm³/mol. The molecule has 4 heterocycles. The van der Waals surface area contributed by atoms with Gasteiger partial charge in [-0.1, -0.05) is 18.2 Å². The maximum atomic E-state index is 13.3. The molecule has 1 aliphatic rings. The Kier molecular flexibility index (Phi) is 5.90. The van der Waals surface area contributed by atoms with Crippen molar-refractivity contribution in [3.8, 4) is 0 Å². The van der Waals surface area contributed by atoms with Crippen LogP contribution >= 0.6 is 0 Å². The summed E-state index contributed by atoms with van der Waals surface area (Å²) in [5, 5.41) is 3.87. The number of ether oxygens (including phenoxy) is 1. The van der Waals surface area contributed by atoms with E-state index < -0.39 is 15.6 Å². The second kappa shape index (κ2) is 8.81. The highest BCUT2D eigenvalue weighted by atomic mass is 32.2. The molecule has 190 valence electrons. The number of nitrogens with one attached hydrogen (secondary N) is 1. The van der Waals surface area contributed by atoms with Gasteiger partial charge in [-0.3, -0.25) is 0 Å². The van der Waals surface area contributed by atoms with Gasteiger partial charge in [0.05, 0.1) is 16.6 Å². The van der Waals surface area contributed by atoms with Crippen molar-refractivity contribution in [2.75, 3.05) is 25.5 Å². The number of carbonyl (C=O) groups excluding carboxylic acids is 1. The molecule has 1 amide bonds. The van der Waals surface area contributed by atoms with Gasteiger partial charge in [-0.15, -0.1) is 0 Å². The average molecular weight is 511 g/mol. The zero-order chi connectivity index (χ0) is 25.7. The summed E-state index contributed by atoms with van der Waals surface area (Å²) in [6.07, 6.45) is 4.28. The fraction of sp³-hybridized carbons (Fsp3) is 0.400. The lowest BCUT2D eigenvalue weighted by atomic mass is 10.0. The Balaban J connectivity index is 1.53. The second-order valence-corrected chi connectivity index (χ2v) is 11.7. The number of benzene rings is 1. The van der Waals surface area contributed by atoms with Crippen LogP contribution in [0.15, 0.2) is 53.7 Å². The highest BCUT2D eigenvalue weighted by molar-refractivity contribution is 7.90. The van der Waals surface area contributed by atoms with Crippen molar-refractivity contribution in [2.45, 2.75) is 50.2 Å². The van der Waals surface area contributed by atoms with E-state index in [-0.39, 0.29) is 17.0 Å². The minimum Gasteiger partial charge on any atom is -0.444 e.